The van der Waals surface area contributed by atoms with Crippen LogP contribution in [0.2, 0.25) is 0 Å². The van der Waals surface area contributed by atoms with Crippen molar-refractivity contribution in [2.24, 2.45) is 0 Å². The van der Waals surface area contributed by atoms with Crippen LogP contribution in [0.3, 0.4) is 0 Å². The number of rotatable bonds is 9. The normalized spacial score (nSPS) is 10.2. The number of benzene rings is 1. The molecule has 5 nitrogen and oxygen atoms in total. The van der Waals surface area contributed by atoms with Gasteiger partial charge in [0.1, 0.15) is 11.6 Å². The largest absolute Gasteiger partial charge is 0.496 e. The van der Waals surface area contributed by atoms with E-state index in [1.807, 2.05) is 30.3 Å². The van der Waals surface area contributed by atoms with Gasteiger partial charge in [-0.25, -0.2) is 4.98 Å². The minimum atomic E-state index is 0.0150. The first-order chi connectivity index (χ1) is 11.7. The third-order valence-corrected chi connectivity index (χ3v) is 3.70. The molecule has 0 saturated carbocycles. The van der Waals surface area contributed by atoms with Crippen molar-refractivity contribution in [2.75, 3.05) is 24.3 Å². The van der Waals surface area contributed by atoms with Crippen molar-refractivity contribution >= 4 is 17.4 Å². The number of anilines is 2. The smallest absolute Gasteiger partial charge is 0.225 e. The first-order valence-electron chi connectivity index (χ1n) is 8.34. The van der Waals surface area contributed by atoms with E-state index in [0.717, 1.165) is 37.2 Å². The van der Waals surface area contributed by atoms with E-state index in [1.54, 1.807) is 13.3 Å². The fraction of sp³-hybridized carbons (Fsp3) is 0.368. The predicted octanol–water partition coefficient (Wildman–Crippen LogP) is 3.87. The summed E-state index contributed by atoms with van der Waals surface area (Å²) in [7, 11) is 1.68. The summed E-state index contributed by atoms with van der Waals surface area (Å²) in [5, 5.41) is 6.14. The Bertz CT molecular complexity index is 641. The molecule has 2 aromatic rings. The molecule has 0 fully saturated rings. The van der Waals surface area contributed by atoms with Crippen molar-refractivity contribution in [2.45, 2.75) is 32.6 Å². The zero-order chi connectivity index (χ0) is 17.2. The number of carbonyl (C=O) groups excluding carboxylic acids is 1. The van der Waals surface area contributed by atoms with E-state index < -0.39 is 0 Å². The van der Waals surface area contributed by atoms with Crippen molar-refractivity contribution in [1.82, 2.24) is 4.98 Å². The number of unbranched alkanes of at least 4 members (excludes halogenated alkanes) is 1. The monoisotopic (exact) mass is 327 g/mol. The van der Waals surface area contributed by atoms with Gasteiger partial charge in [0, 0.05) is 13.0 Å². The summed E-state index contributed by atoms with van der Waals surface area (Å²) in [6, 6.07) is 11.7. The van der Waals surface area contributed by atoms with Crippen LogP contribution in [-0.4, -0.2) is 24.5 Å². The summed E-state index contributed by atoms with van der Waals surface area (Å²) in [5.41, 5.74) is 2.09. The number of nitrogens with zero attached hydrogens (tertiary/aromatic N) is 1. The van der Waals surface area contributed by atoms with Crippen molar-refractivity contribution < 1.29 is 9.53 Å². The molecule has 5 heteroatoms. The van der Waals surface area contributed by atoms with Gasteiger partial charge < -0.3 is 15.4 Å². The number of hydrogen-bond acceptors (Lipinski definition) is 4. The zero-order valence-corrected chi connectivity index (χ0v) is 14.3. The van der Waals surface area contributed by atoms with Crippen molar-refractivity contribution in [3.05, 3.63) is 48.2 Å². The second-order valence-corrected chi connectivity index (χ2v) is 5.57. The Kier molecular flexibility index (Phi) is 7.08. The molecule has 1 aromatic carbocycles. The topological polar surface area (TPSA) is 63.2 Å². The highest BCUT2D eigenvalue weighted by Crippen LogP contribution is 2.18. The highest BCUT2D eigenvalue weighted by atomic mass is 16.5. The molecule has 0 unspecified atom stereocenters. The van der Waals surface area contributed by atoms with E-state index in [0.29, 0.717) is 12.2 Å². The van der Waals surface area contributed by atoms with Gasteiger partial charge in [-0.05, 0) is 36.6 Å². The third-order valence-electron chi connectivity index (χ3n) is 3.70. The Balaban J connectivity index is 1.80. The van der Waals surface area contributed by atoms with Crippen LogP contribution < -0.4 is 15.4 Å². The van der Waals surface area contributed by atoms with Crippen LogP contribution in [0.1, 0.15) is 31.7 Å². The lowest BCUT2D eigenvalue weighted by atomic mass is 10.1. The molecule has 0 bridgehead atoms. The molecular weight excluding hydrogens is 302 g/mol. The maximum Gasteiger partial charge on any atom is 0.225 e. The maximum atomic E-state index is 11.7. The van der Waals surface area contributed by atoms with Crippen molar-refractivity contribution in [3.63, 3.8) is 0 Å². The molecule has 1 heterocycles. The number of pyridine rings is 1. The average molecular weight is 327 g/mol. The van der Waals surface area contributed by atoms with Gasteiger partial charge in [-0.2, -0.15) is 0 Å². The van der Waals surface area contributed by atoms with E-state index in [1.165, 1.54) is 5.56 Å². The zero-order valence-electron chi connectivity index (χ0n) is 14.3. The summed E-state index contributed by atoms with van der Waals surface area (Å²) in [4.78, 5) is 15.9. The number of hydrogen-bond donors (Lipinski definition) is 2. The Morgan fingerprint density at radius 1 is 1.21 bits per heavy atom. The Labute approximate surface area is 143 Å². The van der Waals surface area contributed by atoms with Gasteiger partial charge in [0.05, 0.1) is 19.0 Å². The van der Waals surface area contributed by atoms with Gasteiger partial charge in [-0.15, -0.1) is 0 Å². The second kappa shape index (κ2) is 9.55. The van der Waals surface area contributed by atoms with E-state index in [4.69, 9.17) is 4.74 Å². The number of nitrogens with one attached hydrogen (secondary N) is 2. The van der Waals surface area contributed by atoms with Crippen LogP contribution in [0, 0.1) is 0 Å². The Hall–Kier alpha value is -2.56. The second-order valence-electron chi connectivity index (χ2n) is 5.57. The number of aromatic nitrogens is 1. The van der Waals surface area contributed by atoms with E-state index in [9.17, 15) is 4.79 Å². The number of amides is 1. The summed E-state index contributed by atoms with van der Waals surface area (Å²) in [6.45, 7) is 2.85. The molecule has 1 aromatic heterocycles. The molecule has 0 aliphatic rings. The van der Waals surface area contributed by atoms with Gasteiger partial charge >= 0.3 is 0 Å². The predicted molar refractivity (Wildman–Crippen MR) is 97.6 cm³/mol. The quantitative estimate of drug-likeness (QED) is 0.734. The van der Waals surface area contributed by atoms with Crippen LogP contribution in [0.4, 0.5) is 11.5 Å². The fourth-order valence-corrected chi connectivity index (χ4v) is 2.37. The molecule has 0 saturated heterocycles. The molecule has 1 amide bonds. The number of methoxy groups -OCH3 is 1. The lowest BCUT2D eigenvalue weighted by Crippen LogP contribution is -2.12. The Morgan fingerprint density at radius 2 is 2.04 bits per heavy atom. The number of para-hydroxylation sites is 1. The lowest BCUT2D eigenvalue weighted by molar-refractivity contribution is -0.116. The van der Waals surface area contributed by atoms with Crippen LogP contribution in [0.25, 0.3) is 0 Å². The number of carbonyl (C=O) groups is 1. The molecule has 0 spiro atoms. The summed E-state index contributed by atoms with van der Waals surface area (Å²) in [5.74, 6) is 1.51. The third kappa shape index (κ3) is 5.57. The molecule has 128 valence electrons. The van der Waals surface area contributed by atoms with E-state index >= 15 is 0 Å². The van der Waals surface area contributed by atoms with Crippen LogP contribution in [-0.2, 0) is 11.2 Å². The summed E-state index contributed by atoms with van der Waals surface area (Å²) >= 11 is 0. The SMILES string of the molecule is CCCCC(=O)Nc1ccc(NCCc2ccccc2OC)cn1. The first-order valence-corrected chi connectivity index (χ1v) is 8.34. The molecule has 2 N–H and O–H groups in total. The molecule has 0 atom stereocenters. The molecule has 2 rings (SSSR count). The van der Waals surface area contributed by atoms with E-state index in [-0.39, 0.29) is 5.91 Å². The molecular formula is C19H25N3O2. The highest BCUT2D eigenvalue weighted by molar-refractivity contribution is 5.89. The molecule has 24 heavy (non-hydrogen) atoms. The highest BCUT2D eigenvalue weighted by Gasteiger charge is 2.04. The van der Waals surface area contributed by atoms with Gasteiger partial charge in [-0.1, -0.05) is 31.5 Å². The van der Waals surface area contributed by atoms with Crippen molar-refractivity contribution in [3.8, 4) is 5.75 Å². The molecule has 0 radical (unpaired) electrons. The summed E-state index contributed by atoms with van der Waals surface area (Å²) in [6.07, 6.45) is 5.04. The fourth-order valence-electron chi connectivity index (χ4n) is 2.37. The minimum absolute atomic E-state index is 0.0150. The minimum Gasteiger partial charge on any atom is -0.496 e. The average Bonchev–Trinajstić information content (AvgIpc) is 2.62. The lowest BCUT2D eigenvalue weighted by Gasteiger charge is -2.10. The molecule has 0 aliphatic heterocycles. The van der Waals surface area contributed by atoms with Gasteiger partial charge in [0.15, 0.2) is 0 Å². The van der Waals surface area contributed by atoms with Crippen LogP contribution in [0.15, 0.2) is 42.6 Å². The van der Waals surface area contributed by atoms with Crippen LogP contribution >= 0.6 is 0 Å². The van der Waals surface area contributed by atoms with E-state index in [2.05, 4.69) is 28.6 Å². The van der Waals surface area contributed by atoms with Gasteiger partial charge in [0.2, 0.25) is 5.91 Å². The van der Waals surface area contributed by atoms with Gasteiger partial charge in [-0.3, -0.25) is 4.79 Å². The standard InChI is InChI=1S/C19H25N3O2/c1-3-4-9-19(23)22-18-11-10-16(14-21-18)20-13-12-15-7-5-6-8-17(15)24-2/h5-8,10-11,14,20H,3-4,9,12-13H2,1-2H3,(H,21,22,23). The number of ether oxygens (including phenoxy) is 1. The first kappa shape index (κ1) is 17.8. The molecule has 0 aliphatic carbocycles. The van der Waals surface area contributed by atoms with Gasteiger partial charge in [0.25, 0.3) is 0 Å². The maximum absolute atomic E-state index is 11.7. The summed E-state index contributed by atoms with van der Waals surface area (Å²) < 4.78 is 5.35. The van der Waals surface area contributed by atoms with Crippen molar-refractivity contribution in [1.29, 1.82) is 0 Å². The Morgan fingerprint density at radius 3 is 2.75 bits per heavy atom. The van der Waals surface area contributed by atoms with Crippen LogP contribution in [0.5, 0.6) is 5.75 Å².